The van der Waals surface area contributed by atoms with Gasteiger partial charge < -0.3 is 10.1 Å². The van der Waals surface area contributed by atoms with Crippen molar-refractivity contribution in [2.24, 2.45) is 0 Å². The summed E-state index contributed by atoms with van der Waals surface area (Å²) in [5.41, 5.74) is 2.27. The maximum Gasteiger partial charge on any atom is 0.187 e. The van der Waals surface area contributed by atoms with Gasteiger partial charge in [-0.25, -0.2) is 0 Å². The van der Waals surface area contributed by atoms with Crippen LogP contribution in [-0.2, 0) is 0 Å². The third-order valence-electron chi connectivity index (χ3n) is 2.91. The fraction of sp³-hybridized carbons (Fsp3) is 0.118. The minimum Gasteiger partial charge on any atom is -0.497 e. The molecule has 0 aliphatic rings. The molecule has 3 nitrogen and oxygen atoms in total. The first kappa shape index (κ1) is 15.1. The molecule has 2 aromatic carbocycles. The van der Waals surface area contributed by atoms with E-state index in [1.807, 2.05) is 31.2 Å². The summed E-state index contributed by atoms with van der Waals surface area (Å²) in [7, 11) is 1.62. The average Bonchev–Trinajstić information content (AvgIpc) is 2.48. The molecule has 1 N–H and O–H groups in total. The minimum atomic E-state index is -0.0646. The van der Waals surface area contributed by atoms with E-state index < -0.39 is 0 Å². The van der Waals surface area contributed by atoms with E-state index in [2.05, 4.69) is 5.32 Å². The molecule has 0 saturated heterocycles. The highest BCUT2D eigenvalue weighted by Gasteiger charge is 2.03. The van der Waals surface area contributed by atoms with Crippen molar-refractivity contribution < 1.29 is 9.53 Å². The second-order valence-electron chi connectivity index (χ2n) is 4.55. The second kappa shape index (κ2) is 6.95. The SMILES string of the molecule is COc1ccc(N/C(C)=C\C(=O)c2ccc(Cl)cc2)cc1. The molecule has 2 aromatic rings. The Morgan fingerprint density at radius 1 is 1.10 bits per heavy atom. The fourth-order valence-corrected chi connectivity index (χ4v) is 1.96. The Hall–Kier alpha value is -2.26. The van der Waals surface area contributed by atoms with Crippen LogP contribution in [-0.4, -0.2) is 12.9 Å². The first-order chi connectivity index (χ1) is 10.1. The van der Waals surface area contributed by atoms with Gasteiger partial charge in [0.2, 0.25) is 0 Å². The Bertz CT molecular complexity index is 645. The van der Waals surface area contributed by atoms with E-state index in [0.29, 0.717) is 10.6 Å². The number of anilines is 1. The lowest BCUT2D eigenvalue weighted by molar-refractivity contribution is 0.104. The highest BCUT2D eigenvalue weighted by molar-refractivity contribution is 6.30. The second-order valence-corrected chi connectivity index (χ2v) is 4.99. The number of nitrogens with one attached hydrogen (secondary N) is 1. The van der Waals surface area contributed by atoms with Gasteiger partial charge in [-0.05, 0) is 55.5 Å². The molecule has 0 fully saturated rings. The van der Waals surface area contributed by atoms with E-state index in [1.165, 1.54) is 0 Å². The first-order valence-corrected chi connectivity index (χ1v) is 6.85. The highest BCUT2D eigenvalue weighted by atomic mass is 35.5. The number of hydrogen-bond donors (Lipinski definition) is 1. The normalized spacial score (nSPS) is 11.1. The van der Waals surface area contributed by atoms with Crippen LogP contribution in [0.25, 0.3) is 0 Å². The number of ether oxygens (including phenoxy) is 1. The van der Waals surface area contributed by atoms with Gasteiger partial charge in [0.15, 0.2) is 5.78 Å². The number of hydrogen-bond acceptors (Lipinski definition) is 3. The van der Waals surface area contributed by atoms with Crippen LogP contribution in [0.1, 0.15) is 17.3 Å². The molecule has 0 atom stereocenters. The molecule has 108 valence electrons. The standard InChI is InChI=1S/C17H16ClNO2/c1-12(19-15-7-9-16(21-2)10-8-15)11-17(20)13-3-5-14(18)6-4-13/h3-11,19H,1-2H3/b12-11-. The lowest BCUT2D eigenvalue weighted by Gasteiger charge is -2.07. The maximum atomic E-state index is 12.1. The molecular weight excluding hydrogens is 286 g/mol. The van der Waals surface area contributed by atoms with Crippen molar-refractivity contribution in [1.29, 1.82) is 0 Å². The van der Waals surface area contributed by atoms with Crippen molar-refractivity contribution in [2.45, 2.75) is 6.92 Å². The van der Waals surface area contributed by atoms with Gasteiger partial charge in [0.1, 0.15) is 5.75 Å². The van der Waals surface area contributed by atoms with Crippen molar-refractivity contribution in [1.82, 2.24) is 0 Å². The zero-order valence-electron chi connectivity index (χ0n) is 11.9. The Balaban J connectivity index is 2.05. The summed E-state index contributed by atoms with van der Waals surface area (Å²) in [5.74, 6) is 0.726. The van der Waals surface area contributed by atoms with E-state index >= 15 is 0 Å². The van der Waals surface area contributed by atoms with Gasteiger partial charge in [-0.1, -0.05) is 11.6 Å². The zero-order chi connectivity index (χ0) is 15.2. The maximum absolute atomic E-state index is 12.1. The van der Waals surface area contributed by atoms with Gasteiger partial charge in [0.05, 0.1) is 7.11 Å². The number of carbonyl (C=O) groups is 1. The van der Waals surface area contributed by atoms with Crippen LogP contribution in [0.5, 0.6) is 5.75 Å². The van der Waals surface area contributed by atoms with Crippen LogP contribution in [0.3, 0.4) is 0 Å². The van der Waals surface area contributed by atoms with Crippen molar-refractivity contribution in [2.75, 3.05) is 12.4 Å². The van der Waals surface area contributed by atoms with Crippen molar-refractivity contribution in [3.8, 4) is 5.75 Å². The predicted octanol–water partition coefficient (Wildman–Crippen LogP) is 4.55. The van der Waals surface area contributed by atoms with Crippen LogP contribution >= 0.6 is 11.6 Å². The summed E-state index contributed by atoms with van der Waals surface area (Å²) in [5, 5.41) is 3.78. The summed E-state index contributed by atoms with van der Waals surface area (Å²) in [4.78, 5) is 12.1. The molecule has 0 saturated carbocycles. The van der Waals surface area contributed by atoms with Crippen molar-refractivity contribution in [3.63, 3.8) is 0 Å². The summed E-state index contributed by atoms with van der Waals surface area (Å²) in [6.07, 6.45) is 1.56. The largest absolute Gasteiger partial charge is 0.497 e. The molecule has 21 heavy (non-hydrogen) atoms. The van der Waals surface area contributed by atoms with Crippen LogP contribution in [0.2, 0.25) is 5.02 Å². The Kier molecular flexibility index (Phi) is 5.01. The van der Waals surface area contributed by atoms with Gasteiger partial charge in [-0.3, -0.25) is 4.79 Å². The molecule has 0 aliphatic heterocycles. The molecule has 0 heterocycles. The minimum absolute atomic E-state index is 0.0646. The van der Waals surface area contributed by atoms with Gasteiger partial charge in [-0.15, -0.1) is 0 Å². The zero-order valence-corrected chi connectivity index (χ0v) is 12.6. The van der Waals surface area contributed by atoms with E-state index in [9.17, 15) is 4.79 Å². The molecule has 0 aliphatic carbocycles. The molecule has 0 radical (unpaired) electrons. The topological polar surface area (TPSA) is 38.3 Å². The molecule has 0 amide bonds. The van der Waals surface area contributed by atoms with E-state index in [1.54, 1.807) is 37.5 Å². The molecular formula is C17H16ClNO2. The Labute approximate surface area is 129 Å². The molecule has 0 aromatic heterocycles. The lowest BCUT2D eigenvalue weighted by atomic mass is 10.1. The number of allylic oxidation sites excluding steroid dienone is 2. The average molecular weight is 302 g/mol. The van der Waals surface area contributed by atoms with Gasteiger partial charge in [0.25, 0.3) is 0 Å². The van der Waals surface area contributed by atoms with Gasteiger partial charge in [0, 0.05) is 28.0 Å². The third kappa shape index (κ3) is 4.36. The molecule has 0 unspecified atom stereocenters. The van der Waals surface area contributed by atoms with Crippen LogP contribution in [0.4, 0.5) is 5.69 Å². The van der Waals surface area contributed by atoms with E-state index in [4.69, 9.17) is 16.3 Å². The van der Waals surface area contributed by atoms with E-state index in [0.717, 1.165) is 17.1 Å². The quantitative estimate of drug-likeness (QED) is 0.650. The Morgan fingerprint density at radius 3 is 2.29 bits per heavy atom. The van der Waals surface area contributed by atoms with Crippen molar-refractivity contribution in [3.05, 3.63) is 70.9 Å². The number of carbonyl (C=O) groups excluding carboxylic acids is 1. The van der Waals surface area contributed by atoms with Crippen LogP contribution in [0, 0.1) is 0 Å². The number of methoxy groups -OCH3 is 1. The summed E-state index contributed by atoms with van der Waals surface area (Å²) < 4.78 is 5.10. The number of rotatable bonds is 5. The Morgan fingerprint density at radius 2 is 1.71 bits per heavy atom. The summed E-state index contributed by atoms with van der Waals surface area (Å²) >= 11 is 5.80. The number of halogens is 1. The van der Waals surface area contributed by atoms with Crippen LogP contribution in [0.15, 0.2) is 60.3 Å². The molecule has 4 heteroatoms. The predicted molar refractivity (Wildman–Crippen MR) is 86.2 cm³/mol. The molecule has 2 rings (SSSR count). The highest BCUT2D eigenvalue weighted by Crippen LogP contribution is 2.17. The number of ketones is 1. The van der Waals surface area contributed by atoms with E-state index in [-0.39, 0.29) is 5.78 Å². The first-order valence-electron chi connectivity index (χ1n) is 6.48. The van der Waals surface area contributed by atoms with Crippen LogP contribution < -0.4 is 10.1 Å². The van der Waals surface area contributed by atoms with Gasteiger partial charge in [-0.2, -0.15) is 0 Å². The molecule has 0 bridgehead atoms. The van der Waals surface area contributed by atoms with Crippen molar-refractivity contribution >= 4 is 23.1 Å². The monoisotopic (exact) mass is 301 g/mol. The van der Waals surface area contributed by atoms with Gasteiger partial charge >= 0.3 is 0 Å². The molecule has 0 spiro atoms. The third-order valence-corrected chi connectivity index (χ3v) is 3.16. The smallest absolute Gasteiger partial charge is 0.187 e. The summed E-state index contributed by atoms with van der Waals surface area (Å²) in [6.45, 7) is 1.85. The summed E-state index contributed by atoms with van der Waals surface area (Å²) in [6, 6.07) is 14.3. The lowest BCUT2D eigenvalue weighted by Crippen LogP contribution is -2.01. The number of benzene rings is 2. The fourth-order valence-electron chi connectivity index (χ4n) is 1.83.